The van der Waals surface area contributed by atoms with Crippen LogP contribution in [0.25, 0.3) is 11.2 Å². The van der Waals surface area contributed by atoms with Gasteiger partial charge in [-0.1, -0.05) is 13.8 Å². The largest absolute Gasteiger partial charge is 0.329 e. The highest BCUT2D eigenvalue weighted by Crippen LogP contribution is 2.15. The molecule has 2 rings (SSSR count). The summed E-state index contributed by atoms with van der Waals surface area (Å²) in [5.74, 6) is 1.68. The highest BCUT2D eigenvalue weighted by molar-refractivity contribution is 5.71. The Morgan fingerprint density at radius 3 is 2.94 bits per heavy atom. The lowest BCUT2D eigenvalue weighted by Gasteiger charge is -2.08. The molecular formula is C12H18N4. The van der Waals surface area contributed by atoms with Gasteiger partial charge in [0, 0.05) is 25.7 Å². The van der Waals surface area contributed by atoms with Crippen molar-refractivity contribution in [2.45, 2.75) is 26.8 Å². The van der Waals surface area contributed by atoms with Crippen molar-refractivity contribution in [3.63, 3.8) is 0 Å². The quantitative estimate of drug-likeness (QED) is 0.847. The smallest absolute Gasteiger partial charge is 0.160 e. The zero-order valence-electron chi connectivity index (χ0n) is 9.85. The SMILES string of the molecule is CC(C)Cc1nc2cccnc2n1CCN. The molecule has 0 aliphatic carbocycles. The molecule has 0 aromatic carbocycles. The van der Waals surface area contributed by atoms with E-state index in [2.05, 4.69) is 28.4 Å². The van der Waals surface area contributed by atoms with Crippen molar-refractivity contribution in [3.05, 3.63) is 24.2 Å². The Balaban J connectivity index is 2.49. The third kappa shape index (κ3) is 2.07. The topological polar surface area (TPSA) is 56.7 Å². The van der Waals surface area contributed by atoms with E-state index in [-0.39, 0.29) is 0 Å². The first kappa shape index (κ1) is 11.1. The van der Waals surface area contributed by atoms with Crippen molar-refractivity contribution in [1.29, 1.82) is 0 Å². The predicted molar refractivity (Wildman–Crippen MR) is 65.1 cm³/mol. The van der Waals surface area contributed by atoms with Crippen LogP contribution in [0, 0.1) is 5.92 Å². The fourth-order valence-electron chi connectivity index (χ4n) is 1.89. The molecule has 86 valence electrons. The molecule has 0 bridgehead atoms. The van der Waals surface area contributed by atoms with Gasteiger partial charge in [-0.05, 0) is 18.1 Å². The summed E-state index contributed by atoms with van der Waals surface area (Å²) >= 11 is 0. The van der Waals surface area contributed by atoms with Crippen LogP contribution >= 0.6 is 0 Å². The van der Waals surface area contributed by atoms with Crippen LogP contribution in [-0.4, -0.2) is 21.1 Å². The summed E-state index contributed by atoms with van der Waals surface area (Å²) < 4.78 is 2.13. The maximum absolute atomic E-state index is 5.63. The van der Waals surface area contributed by atoms with Gasteiger partial charge in [0.1, 0.15) is 11.3 Å². The molecule has 2 heterocycles. The molecule has 0 fully saturated rings. The summed E-state index contributed by atoms with van der Waals surface area (Å²) in [5.41, 5.74) is 7.55. The molecule has 0 aliphatic rings. The average Bonchev–Trinajstić information content (AvgIpc) is 2.57. The predicted octanol–water partition coefficient (Wildman–Crippen LogP) is 1.59. The molecule has 0 spiro atoms. The molecule has 4 nitrogen and oxygen atoms in total. The van der Waals surface area contributed by atoms with Crippen LogP contribution in [-0.2, 0) is 13.0 Å². The Labute approximate surface area is 95.5 Å². The van der Waals surface area contributed by atoms with Gasteiger partial charge in [0.2, 0.25) is 0 Å². The number of pyridine rings is 1. The van der Waals surface area contributed by atoms with Gasteiger partial charge in [-0.3, -0.25) is 0 Å². The standard InChI is InChI=1S/C12H18N4/c1-9(2)8-11-15-10-4-3-6-14-12(10)16(11)7-5-13/h3-4,6,9H,5,7-8,13H2,1-2H3. The number of hydrogen-bond donors (Lipinski definition) is 1. The minimum Gasteiger partial charge on any atom is -0.329 e. The van der Waals surface area contributed by atoms with E-state index in [9.17, 15) is 0 Å². The summed E-state index contributed by atoms with van der Waals surface area (Å²) in [6.45, 7) is 5.79. The van der Waals surface area contributed by atoms with Crippen molar-refractivity contribution >= 4 is 11.2 Å². The molecule has 0 saturated carbocycles. The Morgan fingerprint density at radius 2 is 2.25 bits per heavy atom. The molecule has 0 radical (unpaired) electrons. The Hall–Kier alpha value is -1.42. The summed E-state index contributed by atoms with van der Waals surface area (Å²) in [6.07, 6.45) is 2.77. The molecule has 0 amide bonds. The molecule has 16 heavy (non-hydrogen) atoms. The Morgan fingerprint density at radius 1 is 1.44 bits per heavy atom. The number of aromatic nitrogens is 3. The summed E-state index contributed by atoms with van der Waals surface area (Å²) in [6, 6.07) is 3.92. The van der Waals surface area contributed by atoms with E-state index < -0.39 is 0 Å². The number of nitrogens with zero attached hydrogens (tertiary/aromatic N) is 3. The Kier molecular flexibility index (Phi) is 3.19. The molecule has 4 heteroatoms. The molecule has 2 N–H and O–H groups in total. The van der Waals surface area contributed by atoms with Crippen LogP contribution in [0.2, 0.25) is 0 Å². The van der Waals surface area contributed by atoms with Crippen LogP contribution in [0.15, 0.2) is 18.3 Å². The third-order valence-corrected chi connectivity index (χ3v) is 2.53. The zero-order valence-corrected chi connectivity index (χ0v) is 9.85. The van der Waals surface area contributed by atoms with Gasteiger partial charge in [0.25, 0.3) is 0 Å². The van der Waals surface area contributed by atoms with Gasteiger partial charge in [-0.15, -0.1) is 0 Å². The minimum atomic E-state index is 0.591. The van der Waals surface area contributed by atoms with Crippen molar-refractivity contribution in [2.24, 2.45) is 11.7 Å². The van der Waals surface area contributed by atoms with Gasteiger partial charge in [0.05, 0.1) is 0 Å². The second-order valence-corrected chi connectivity index (χ2v) is 4.41. The van der Waals surface area contributed by atoms with Gasteiger partial charge >= 0.3 is 0 Å². The van der Waals surface area contributed by atoms with Crippen molar-refractivity contribution in [1.82, 2.24) is 14.5 Å². The van der Waals surface area contributed by atoms with Gasteiger partial charge < -0.3 is 10.3 Å². The molecule has 2 aromatic rings. The van der Waals surface area contributed by atoms with Crippen LogP contribution in [0.4, 0.5) is 0 Å². The van der Waals surface area contributed by atoms with Crippen molar-refractivity contribution in [3.8, 4) is 0 Å². The summed E-state index contributed by atoms with van der Waals surface area (Å²) in [4.78, 5) is 8.99. The van der Waals surface area contributed by atoms with Crippen LogP contribution in [0.3, 0.4) is 0 Å². The van der Waals surface area contributed by atoms with E-state index in [4.69, 9.17) is 5.73 Å². The summed E-state index contributed by atoms with van der Waals surface area (Å²) in [7, 11) is 0. The van der Waals surface area contributed by atoms with Crippen LogP contribution in [0.1, 0.15) is 19.7 Å². The van der Waals surface area contributed by atoms with E-state index in [1.54, 1.807) is 6.20 Å². The maximum Gasteiger partial charge on any atom is 0.160 e. The highest BCUT2D eigenvalue weighted by Gasteiger charge is 2.11. The molecule has 0 aliphatic heterocycles. The molecule has 0 unspecified atom stereocenters. The lowest BCUT2D eigenvalue weighted by Crippen LogP contribution is -2.14. The van der Waals surface area contributed by atoms with Crippen LogP contribution in [0.5, 0.6) is 0 Å². The second kappa shape index (κ2) is 4.61. The van der Waals surface area contributed by atoms with E-state index in [1.807, 2.05) is 12.1 Å². The monoisotopic (exact) mass is 218 g/mol. The third-order valence-electron chi connectivity index (χ3n) is 2.53. The first-order chi connectivity index (χ1) is 7.72. The second-order valence-electron chi connectivity index (χ2n) is 4.41. The molecular weight excluding hydrogens is 200 g/mol. The van der Waals surface area contributed by atoms with E-state index in [0.29, 0.717) is 12.5 Å². The maximum atomic E-state index is 5.63. The Bertz CT molecular complexity index is 473. The number of hydrogen-bond acceptors (Lipinski definition) is 3. The number of rotatable bonds is 4. The lowest BCUT2D eigenvalue weighted by atomic mass is 10.1. The minimum absolute atomic E-state index is 0.591. The lowest BCUT2D eigenvalue weighted by molar-refractivity contribution is 0.580. The number of imidazole rings is 1. The first-order valence-corrected chi connectivity index (χ1v) is 5.72. The van der Waals surface area contributed by atoms with Gasteiger partial charge in [-0.2, -0.15) is 0 Å². The van der Waals surface area contributed by atoms with E-state index in [0.717, 1.165) is 30.0 Å². The van der Waals surface area contributed by atoms with Gasteiger partial charge in [-0.25, -0.2) is 9.97 Å². The molecule has 0 atom stereocenters. The fourth-order valence-corrected chi connectivity index (χ4v) is 1.89. The highest BCUT2D eigenvalue weighted by atomic mass is 15.1. The zero-order chi connectivity index (χ0) is 11.5. The van der Waals surface area contributed by atoms with E-state index >= 15 is 0 Å². The van der Waals surface area contributed by atoms with Crippen molar-refractivity contribution < 1.29 is 0 Å². The number of nitrogens with two attached hydrogens (primary N) is 1. The molecule has 2 aromatic heterocycles. The van der Waals surface area contributed by atoms with Crippen molar-refractivity contribution in [2.75, 3.05) is 6.54 Å². The first-order valence-electron chi connectivity index (χ1n) is 5.72. The fraction of sp³-hybridized carbons (Fsp3) is 0.500. The van der Waals surface area contributed by atoms with Crippen LogP contribution < -0.4 is 5.73 Å². The summed E-state index contributed by atoms with van der Waals surface area (Å²) in [5, 5.41) is 0. The van der Waals surface area contributed by atoms with E-state index in [1.165, 1.54) is 0 Å². The van der Waals surface area contributed by atoms with Gasteiger partial charge in [0.15, 0.2) is 5.65 Å². The average molecular weight is 218 g/mol. The normalized spacial score (nSPS) is 11.5. The molecule has 0 saturated heterocycles. The number of fused-ring (bicyclic) bond motifs is 1.